The molecule has 1 unspecified atom stereocenters. The van der Waals surface area contributed by atoms with Gasteiger partial charge < -0.3 is 15.5 Å². The molecule has 2 N–H and O–H groups in total. The van der Waals surface area contributed by atoms with Crippen molar-refractivity contribution in [3.8, 4) is 17.3 Å². The molecule has 0 aromatic heterocycles. The van der Waals surface area contributed by atoms with Gasteiger partial charge in [-0.15, -0.1) is 0 Å². The summed E-state index contributed by atoms with van der Waals surface area (Å²) in [6, 6.07) is 17.6. The molecule has 0 saturated carbocycles. The number of nitrogens with one attached hydrogen (secondary N) is 2. The third-order valence-corrected chi connectivity index (χ3v) is 3.89. The van der Waals surface area contributed by atoms with Crippen molar-refractivity contribution in [2.24, 2.45) is 0 Å². The first kappa shape index (κ1) is 14.9. The lowest BCUT2D eigenvalue weighted by atomic mass is 10.1. The number of urea groups is 1. The topological polar surface area (TPSA) is 68.2 Å². The van der Waals surface area contributed by atoms with Crippen LogP contribution in [-0.2, 0) is 0 Å². The Kier molecular flexibility index (Phi) is 4.44. The highest BCUT2D eigenvalue weighted by Gasteiger charge is 2.22. The zero-order chi connectivity index (χ0) is 16.1. The van der Waals surface area contributed by atoms with Gasteiger partial charge in [0.15, 0.2) is 6.19 Å². The average Bonchev–Trinajstić information content (AvgIpc) is 3.03. The number of likely N-dealkylation sites (tertiary alicyclic amines) is 1. The molecule has 0 aliphatic carbocycles. The monoisotopic (exact) mass is 306 g/mol. The van der Waals surface area contributed by atoms with Crippen LogP contribution in [0.1, 0.15) is 6.42 Å². The molecule has 1 heterocycles. The van der Waals surface area contributed by atoms with E-state index >= 15 is 0 Å². The van der Waals surface area contributed by atoms with Crippen molar-refractivity contribution in [2.75, 3.05) is 18.4 Å². The second kappa shape index (κ2) is 6.84. The number of benzene rings is 2. The molecule has 0 spiro atoms. The van der Waals surface area contributed by atoms with Crippen LogP contribution in [0.25, 0.3) is 11.1 Å². The van der Waals surface area contributed by atoms with Crippen LogP contribution < -0.4 is 10.6 Å². The van der Waals surface area contributed by atoms with Gasteiger partial charge in [-0.3, -0.25) is 0 Å². The van der Waals surface area contributed by atoms with E-state index < -0.39 is 0 Å². The minimum atomic E-state index is -0.236. The fourth-order valence-electron chi connectivity index (χ4n) is 2.73. The first-order chi connectivity index (χ1) is 11.2. The molecule has 23 heavy (non-hydrogen) atoms. The van der Waals surface area contributed by atoms with Crippen molar-refractivity contribution in [2.45, 2.75) is 12.5 Å². The lowest BCUT2D eigenvalue weighted by Gasteiger charge is -2.13. The van der Waals surface area contributed by atoms with Crippen LogP contribution >= 0.6 is 0 Å². The van der Waals surface area contributed by atoms with E-state index in [1.165, 1.54) is 0 Å². The van der Waals surface area contributed by atoms with Gasteiger partial charge in [-0.1, -0.05) is 42.5 Å². The van der Waals surface area contributed by atoms with Gasteiger partial charge in [0.05, 0.1) is 6.04 Å². The van der Waals surface area contributed by atoms with Gasteiger partial charge in [-0.2, -0.15) is 5.26 Å². The Balaban J connectivity index is 1.62. The molecule has 2 amide bonds. The lowest BCUT2D eigenvalue weighted by molar-refractivity contribution is 0.248. The van der Waals surface area contributed by atoms with Crippen LogP contribution in [0.2, 0.25) is 0 Å². The minimum Gasteiger partial charge on any atom is -0.333 e. The van der Waals surface area contributed by atoms with Crippen molar-refractivity contribution >= 4 is 11.7 Å². The fourth-order valence-corrected chi connectivity index (χ4v) is 2.73. The Morgan fingerprint density at radius 3 is 2.65 bits per heavy atom. The molecule has 2 aromatic rings. The Morgan fingerprint density at radius 2 is 1.91 bits per heavy atom. The SMILES string of the molecule is N#CN1CCC(NC(=O)Nc2cccc(-c3ccccc3)c2)C1. The number of hydrogen-bond acceptors (Lipinski definition) is 3. The Hall–Kier alpha value is -3.00. The largest absolute Gasteiger partial charge is 0.333 e. The van der Waals surface area contributed by atoms with Gasteiger partial charge in [0.25, 0.3) is 0 Å². The second-order valence-electron chi connectivity index (χ2n) is 5.58. The van der Waals surface area contributed by atoms with Gasteiger partial charge in [0, 0.05) is 18.8 Å². The van der Waals surface area contributed by atoms with Gasteiger partial charge in [-0.25, -0.2) is 4.79 Å². The molecule has 1 saturated heterocycles. The quantitative estimate of drug-likeness (QED) is 0.856. The van der Waals surface area contributed by atoms with E-state index in [2.05, 4.69) is 16.8 Å². The molecule has 0 radical (unpaired) electrons. The van der Waals surface area contributed by atoms with Crippen molar-refractivity contribution in [3.05, 3.63) is 54.6 Å². The van der Waals surface area contributed by atoms with Crippen LogP contribution in [0.3, 0.4) is 0 Å². The number of nitriles is 1. The van der Waals surface area contributed by atoms with E-state index in [1.54, 1.807) is 4.90 Å². The second-order valence-corrected chi connectivity index (χ2v) is 5.58. The van der Waals surface area contributed by atoms with E-state index in [9.17, 15) is 4.79 Å². The summed E-state index contributed by atoms with van der Waals surface area (Å²) in [6.07, 6.45) is 2.90. The van der Waals surface area contributed by atoms with Crippen LogP contribution in [0.4, 0.5) is 10.5 Å². The third kappa shape index (κ3) is 3.80. The Bertz CT molecular complexity index is 723. The predicted octanol–water partition coefficient (Wildman–Crippen LogP) is 3.03. The van der Waals surface area contributed by atoms with Gasteiger partial charge >= 0.3 is 6.03 Å². The molecular weight excluding hydrogens is 288 g/mol. The number of anilines is 1. The van der Waals surface area contributed by atoms with Crippen molar-refractivity contribution in [3.63, 3.8) is 0 Å². The molecule has 1 fully saturated rings. The standard InChI is InChI=1S/C18H18N4O/c19-13-22-10-9-17(12-22)21-18(23)20-16-8-4-7-15(11-16)14-5-2-1-3-6-14/h1-8,11,17H,9-10,12H2,(H2,20,21,23). The number of carbonyl (C=O) groups is 1. The number of hydrogen-bond donors (Lipinski definition) is 2. The summed E-state index contributed by atoms with van der Waals surface area (Å²) in [5.41, 5.74) is 2.91. The van der Waals surface area contributed by atoms with Crippen LogP contribution in [0, 0.1) is 11.5 Å². The maximum atomic E-state index is 12.1. The van der Waals surface area contributed by atoms with Crippen LogP contribution in [0.15, 0.2) is 54.6 Å². The zero-order valence-electron chi connectivity index (χ0n) is 12.7. The Morgan fingerprint density at radius 1 is 1.13 bits per heavy atom. The van der Waals surface area contributed by atoms with Crippen molar-refractivity contribution in [1.29, 1.82) is 5.26 Å². The number of rotatable bonds is 3. The molecule has 2 aromatic carbocycles. The summed E-state index contributed by atoms with van der Waals surface area (Å²) in [7, 11) is 0. The number of carbonyl (C=O) groups excluding carboxylic acids is 1. The predicted molar refractivity (Wildman–Crippen MR) is 89.6 cm³/mol. The van der Waals surface area contributed by atoms with Gasteiger partial charge in [0.1, 0.15) is 0 Å². The molecule has 5 nitrogen and oxygen atoms in total. The third-order valence-electron chi connectivity index (χ3n) is 3.89. The summed E-state index contributed by atoms with van der Waals surface area (Å²) in [6.45, 7) is 1.28. The molecule has 0 bridgehead atoms. The van der Waals surface area contributed by atoms with Crippen molar-refractivity contribution < 1.29 is 4.79 Å². The molecule has 1 atom stereocenters. The highest BCUT2D eigenvalue weighted by molar-refractivity contribution is 5.90. The lowest BCUT2D eigenvalue weighted by Crippen LogP contribution is -2.39. The number of nitrogens with zero attached hydrogens (tertiary/aromatic N) is 2. The molecule has 116 valence electrons. The van der Waals surface area contributed by atoms with Crippen molar-refractivity contribution in [1.82, 2.24) is 10.2 Å². The minimum absolute atomic E-state index is 0.0203. The summed E-state index contributed by atoms with van der Waals surface area (Å²) < 4.78 is 0. The summed E-state index contributed by atoms with van der Waals surface area (Å²) in [5.74, 6) is 0. The van der Waals surface area contributed by atoms with E-state index in [0.29, 0.717) is 13.1 Å². The number of amides is 2. The van der Waals surface area contributed by atoms with E-state index in [1.807, 2.05) is 54.6 Å². The van der Waals surface area contributed by atoms with Gasteiger partial charge in [-0.05, 0) is 29.7 Å². The molecule has 1 aliphatic rings. The average molecular weight is 306 g/mol. The van der Waals surface area contributed by atoms with E-state index in [-0.39, 0.29) is 12.1 Å². The van der Waals surface area contributed by atoms with Crippen LogP contribution in [-0.4, -0.2) is 30.1 Å². The molecular formula is C18H18N4O. The first-order valence-corrected chi connectivity index (χ1v) is 7.62. The first-order valence-electron chi connectivity index (χ1n) is 7.62. The zero-order valence-corrected chi connectivity index (χ0v) is 12.7. The van der Waals surface area contributed by atoms with Crippen LogP contribution in [0.5, 0.6) is 0 Å². The van der Waals surface area contributed by atoms with E-state index in [4.69, 9.17) is 5.26 Å². The Labute approximate surface area is 135 Å². The fraction of sp³-hybridized carbons (Fsp3) is 0.222. The smallest absolute Gasteiger partial charge is 0.319 e. The maximum absolute atomic E-state index is 12.1. The highest BCUT2D eigenvalue weighted by atomic mass is 16.2. The maximum Gasteiger partial charge on any atom is 0.319 e. The normalized spacial score (nSPS) is 16.7. The summed E-state index contributed by atoms with van der Waals surface area (Å²) >= 11 is 0. The summed E-state index contributed by atoms with van der Waals surface area (Å²) in [4.78, 5) is 13.7. The molecule has 5 heteroatoms. The molecule has 1 aliphatic heterocycles. The molecule has 3 rings (SSSR count). The van der Waals surface area contributed by atoms with Gasteiger partial charge in [0.2, 0.25) is 0 Å². The van der Waals surface area contributed by atoms with E-state index in [0.717, 1.165) is 23.2 Å². The highest BCUT2D eigenvalue weighted by Crippen LogP contribution is 2.22. The summed E-state index contributed by atoms with van der Waals surface area (Å²) in [5, 5.41) is 14.6.